The molecule has 0 aliphatic carbocycles. The van der Waals surface area contributed by atoms with E-state index in [2.05, 4.69) is 5.32 Å². The molecule has 1 atom stereocenters. The summed E-state index contributed by atoms with van der Waals surface area (Å²) in [5.74, 6) is 0. The molecule has 0 saturated heterocycles. The van der Waals surface area contributed by atoms with Crippen LogP contribution in [-0.2, 0) is 26.0 Å². The Labute approximate surface area is 131 Å². The third kappa shape index (κ3) is 5.01. The van der Waals surface area contributed by atoms with Crippen LogP contribution in [0.25, 0.3) is 0 Å². The van der Waals surface area contributed by atoms with Crippen molar-refractivity contribution >= 4 is 21.4 Å². The summed E-state index contributed by atoms with van der Waals surface area (Å²) in [6.07, 6.45) is 0. The molecule has 1 aromatic rings. The molecule has 1 heterocycles. The van der Waals surface area contributed by atoms with Crippen LogP contribution in [0, 0.1) is 0 Å². The Morgan fingerprint density at radius 2 is 2.10 bits per heavy atom. The number of thiophene rings is 1. The van der Waals surface area contributed by atoms with Crippen molar-refractivity contribution < 1.29 is 17.9 Å². The minimum absolute atomic E-state index is 0.245. The van der Waals surface area contributed by atoms with Crippen molar-refractivity contribution in [2.45, 2.75) is 23.7 Å². The molecule has 6 nitrogen and oxygen atoms in total. The molecule has 1 aromatic heterocycles. The first-order valence-corrected chi connectivity index (χ1v) is 9.01. The number of nitrogens with zero attached hydrogens (tertiary/aromatic N) is 1. The Balaban J connectivity index is 3.00. The molecule has 8 heteroatoms. The largest absolute Gasteiger partial charge is 0.383 e. The Bertz CT molecular complexity index is 516. The van der Waals surface area contributed by atoms with Gasteiger partial charge < -0.3 is 14.8 Å². The quantitative estimate of drug-likeness (QED) is 0.694. The molecule has 0 amide bonds. The summed E-state index contributed by atoms with van der Waals surface area (Å²) in [6.45, 7) is 3.49. The molecule has 1 N–H and O–H groups in total. The van der Waals surface area contributed by atoms with E-state index in [4.69, 9.17) is 9.47 Å². The fourth-order valence-corrected chi connectivity index (χ4v) is 4.92. The number of methoxy groups -OCH3 is 2. The van der Waals surface area contributed by atoms with Gasteiger partial charge in [0.2, 0.25) is 0 Å². The normalized spacial score (nSPS) is 13.8. The van der Waals surface area contributed by atoms with Crippen LogP contribution in [0.2, 0.25) is 0 Å². The van der Waals surface area contributed by atoms with Gasteiger partial charge >= 0.3 is 0 Å². The fraction of sp³-hybridized carbons (Fsp3) is 0.692. The van der Waals surface area contributed by atoms with Crippen LogP contribution in [0.5, 0.6) is 0 Å². The third-order valence-electron chi connectivity index (χ3n) is 2.99. The lowest BCUT2D eigenvalue weighted by molar-refractivity contribution is 0.119. The minimum atomic E-state index is -3.53. The van der Waals surface area contributed by atoms with Crippen LogP contribution in [0.1, 0.15) is 12.5 Å². The van der Waals surface area contributed by atoms with Crippen LogP contribution >= 0.6 is 11.3 Å². The lowest BCUT2D eigenvalue weighted by Crippen LogP contribution is -2.42. The van der Waals surface area contributed by atoms with Crippen molar-refractivity contribution in [2.24, 2.45) is 0 Å². The lowest BCUT2D eigenvalue weighted by Gasteiger charge is -2.27. The zero-order chi connectivity index (χ0) is 15.9. The minimum Gasteiger partial charge on any atom is -0.383 e. The number of hydrogen-bond acceptors (Lipinski definition) is 6. The van der Waals surface area contributed by atoms with Gasteiger partial charge in [-0.05, 0) is 31.0 Å². The predicted molar refractivity (Wildman–Crippen MR) is 84.2 cm³/mol. The van der Waals surface area contributed by atoms with Gasteiger partial charge in [-0.2, -0.15) is 4.31 Å². The highest BCUT2D eigenvalue weighted by Crippen LogP contribution is 2.25. The first-order chi connectivity index (χ1) is 9.97. The van der Waals surface area contributed by atoms with E-state index in [0.29, 0.717) is 30.5 Å². The van der Waals surface area contributed by atoms with Crippen molar-refractivity contribution in [3.8, 4) is 0 Å². The maximum atomic E-state index is 12.8. The highest BCUT2D eigenvalue weighted by Gasteiger charge is 2.30. The second-order valence-electron chi connectivity index (χ2n) is 4.72. The molecule has 0 aliphatic rings. The molecule has 21 heavy (non-hydrogen) atoms. The van der Waals surface area contributed by atoms with Crippen LogP contribution in [-0.4, -0.2) is 59.8 Å². The van der Waals surface area contributed by atoms with E-state index < -0.39 is 10.0 Å². The van der Waals surface area contributed by atoms with Crippen molar-refractivity contribution in [3.05, 3.63) is 17.0 Å². The van der Waals surface area contributed by atoms with Gasteiger partial charge in [0.25, 0.3) is 10.0 Å². The first-order valence-electron chi connectivity index (χ1n) is 6.69. The van der Waals surface area contributed by atoms with Crippen molar-refractivity contribution in [3.63, 3.8) is 0 Å². The van der Waals surface area contributed by atoms with Crippen LogP contribution < -0.4 is 5.32 Å². The van der Waals surface area contributed by atoms with E-state index in [9.17, 15) is 8.42 Å². The van der Waals surface area contributed by atoms with E-state index in [1.165, 1.54) is 15.6 Å². The third-order valence-corrected chi connectivity index (χ3v) is 6.47. The summed E-state index contributed by atoms with van der Waals surface area (Å²) in [5.41, 5.74) is 0.965. The average molecular weight is 336 g/mol. The second-order valence-corrected chi connectivity index (χ2v) is 7.75. The predicted octanol–water partition coefficient (Wildman–Crippen LogP) is 1.14. The van der Waals surface area contributed by atoms with Gasteiger partial charge in [0.1, 0.15) is 4.21 Å². The summed E-state index contributed by atoms with van der Waals surface area (Å²) in [4.78, 5) is 0. The number of nitrogens with one attached hydrogen (secondary N) is 1. The van der Waals surface area contributed by atoms with Gasteiger partial charge in [-0.25, -0.2) is 8.42 Å². The molecule has 0 aliphatic heterocycles. The zero-order valence-corrected chi connectivity index (χ0v) is 14.6. The maximum absolute atomic E-state index is 12.8. The average Bonchev–Trinajstić information content (AvgIpc) is 2.89. The summed E-state index contributed by atoms with van der Waals surface area (Å²) in [5, 5.41) is 4.87. The summed E-state index contributed by atoms with van der Waals surface area (Å²) >= 11 is 1.24. The monoisotopic (exact) mass is 336 g/mol. The highest BCUT2D eigenvalue weighted by atomic mass is 32.2. The van der Waals surface area contributed by atoms with Gasteiger partial charge in [0.15, 0.2) is 0 Å². The fourth-order valence-electron chi connectivity index (χ4n) is 1.98. The standard InChI is InChI=1S/C13H24N2O4S2/c1-11(9-19-4)15(5-6-18-3)21(16,17)13-7-12(8-14-2)10-20-13/h7,10-11,14H,5-6,8-9H2,1-4H3. The van der Waals surface area contributed by atoms with Gasteiger partial charge in [-0.1, -0.05) is 0 Å². The van der Waals surface area contributed by atoms with Crippen LogP contribution in [0.4, 0.5) is 0 Å². The van der Waals surface area contributed by atoms with E-state index in [-0.39, 0.29) is 6.04 Å². The Morgan fingerprint density at radius 3 is 2.67 bits per heavy atom. The van der Waals surface area contributed by atoms with E-state index in [0.717, 1.165) is 5.56 Å². The van der Waals surface area contributed by atoms with Crippen molar-refractivity contribution in [2.75, 3.05) is 41.0 Å². The molecule has 0 aromatic carbocycles. The number of ether oxygens (including phenoxy) is 2. The highest BCUT2D eigenvalue weighted by molar-refractivity contribution is 7.91. The van der Waals surface area contributed by atoms with Crippen molar-refractivity contribution in [1.29, 1.82) is 0 Å². The molecule has 0 saturated carbocycles. The zero-order valence-electron chi connectivity index (χ0n) is 13.0. The smallest absolute Gasteiger partial charge is 0.252 e. The topological polar surface area (TPSA) is 67.9 Å². The summed E-state index contributed by atoms with van der Waals surface area (Å²) < 4.78 is 37.5. The van der Waals surface area contributed by atoms with E-state index in [1.807, 2.05) is 19.4 Å². The summed E-state index contributed by atoms with van der Waals surface area (Å²) in [7, 11) is 1.42. The second kappa shape index (κ2) is 8.82. The van der Waals surface area contributed by atoms with Gasteiger partial charge in [-0.15, -0.1) is 11.3 Å². The molecular formula is C13H24N2O4S2. The number of rotatable bonds is 10. The van der Waals surface area contributed by atoms with Crippen LogP contribution in [0.3, 0.4) is 0 Å². The van der Waals surface area contributed by atoms with Crippen molar-refractivity contribution in [1.82, 2.24) is 9.62 Å². The van der Waals surface area contributed by atoms with Gasteiger partial charge in [0, 0.05) is 33.4 Å². The summed E-state index contributed by atoms with van der Waals surface area (Å²) in [6, 6.07) is 1.47. The maximum Gasteiger partial charge on any atom is 0.252 e. The molecule has 0 spiro atoms. The molecule has 0 radical (unpaired) electrons. The lowest BCUT2D eigenvalue weighted by atomic mass is 10.3. The molecule has 0 fully saturated rings. The number of hydrogen-bond donors (Lipinski definition) is 1. The SMILES string of the molecule is CNCc1csc(S(=O)(=O)N(CCOC)C(C)COC)c1. The Morgan fingerprint density at radius 1 is 1.38 bits per heavy atom. The molecule has 122 valence electrons. The molecule has 1 rings (SSSR count). The van der Waals surface area contributed by atoms with E-state index >= 15 is 0 Å². The Kier molecular flexibility index (Phi) is 7.78. The Hall–Kier alpha value is -0.510. The van der Waals surface area contributed by atoms with E-state index in [1.54, 1.807) is 20.3 Å². The molecule has 0 bridgehead atoms. The molecule has 1 unspecified atom stereocenters. The van der Waals surface area contributed by atoms with Crippen LogP contribution in [0.15, 0.2) is 15.7 Å². The first kappa shape index (κ1) is 18.5. The number of sulfonamides is 1. The van der Waals surface area contributed by atoms with Gasteiger partial charge in [0.05, 0.1) is 13.2 Å². The van der Waals surface area contributed by atoms with Gasteiger partial charge in [-0.3, -0.25) is 0 Å². The molecular weight excluding hydrogens is 312 g/mol.